The molecule has 3 rings (SSSR count). The molecule has 1 heterocycles. The Morgan fingerprint density at radius 3 is 2.65 bits per heavy atom. The molecule has 2 aromatic rings. The molecule has 7 nitrogen and oxygen atoms in total. The van der Waals surface area contributed by atoms with Gasteiger partial charge < -0.3 is 9.52 Å². The van der Waals surface area contributed by atoms with Gasteiger partial charge in [-0.05, 0) is 24.8 Å². The van der Waals surface area contributed by atoms with Crippen molar-refractivity contribution in [2.24, 2.45) is 5.92 Å². The molecule has 0 saturated heterocycles. The van der Waals surface area contributed by atoms with Gasteiger partial charge in [-0.3, -0.25) is 9.63 Å². The molecule has 31 heavy (non-hydrogen) atoms. The normalized spacial score (nSPS) is 15.5. The maximum atomic E-state index is 12.5. The van der Waals surface area contributed by atoms with Gasteiger partial charge in [0.15, 0.2) is 11.6 Å². The first-order chi connectivity index (χ1) is 15.0. The van der Waals surface area contributed by atoms with E-state index >= 15 is 0 Å². The predicted octanol–water partition coefficient (Wildman–Crippen LogP) is 5.15. The van der Waals surface area contributed by atoms with Crippen molar-refractivity contribution in [3.05, 3.63) is 53.2 Å². The van der Waals surface area contributed by atoms with E-state index in [1.807, 2.05) is 30.3 Å². The molecule has 1 fully saturated rings. The van der Waals surface area contributed by atoms with Gasteiger partial charge in [-0.15, -0.1) is 0 Å². The van der Waals surface area contributed by atoms with Crippen LogP contribution in [0, 0.1) is 12.8 Å². The number of nitrogens with zero attached hydrogens (tertiary/aromatic N) is 1. The molecule has 168 valence electrons. The third kappa shape index (κ3) is 7.21. The summed E-state index contributed by atoms with van der Waals surface area (Å²) < 4.78 is 5.64. The third-order valence-electron chi connectivity index (χ3n) is 5.95. The van der Waals surface area contributed by atoms with Crippen LogP contribution in [0.4, 0.5) is 0 Å². The summed E-state index contributed by atoms with van der Waals surface area (Å²) in [5.41, 5.74) is 3.36. The summed E-state index contributed by atoms with van der Waals surface area (Å²) in [5, 5.41) is 9.29. The third-order valence-corrected chi connectivity index (χ3v) is 5.95. The molecule has 0 spiro atoms. The molecule has 0 unspecified atom stereocenters. The van der Waals surface area contributed by atoms with Gasteiger partial charge >= 0.3 is 5.97 Å². The molecule has 1 aliphatic rings. The highest BCUT2D eigenvalue weighted by molar-refractivity contribution is 5.86. The predicted molar refractivity (Wildman–Crippen MR) is 115 cm³/mol. The first kappa shape index (κ1) is 23.0. The number of carboxylic acid groups (broad SMARTS) is 1. The van der Waals surface area contributed by atoms with Crippen LogP contribution in [-0.2, 0) is 16.2 Å². The Bertz CT molecular complexity index is 843. The second kappa shape index (κ2) is 11.6. The van der Waals surface area contributed by atoms with E-state index in [1.165, 1.54) is 32.1 Å². The fourth-order valence-corrected chi connectivity index (χ4v) is 4.27. The fourth-order valence-electron chi connectivity index (χ4n) is 4.27. The Kier molecular flexibility index (Phi) is 8.64. The van der Waals surface area contributed by atoms with Gasteiger partial charge in [-0.25, -0.2) is 15.3 Å². The zero-order chi connectivity index (χ0) is 22.1. The molecule has 1 aliphatic carbocycles. The lowest BCUT2D eigenvalue weighted by Crippen LogP contribution is -2.25. The van der Waals surface area contributed by atoms with Crippen molar-refractivity contribution in [1.82, 2.24) is 10.5 Å². The number of carboxylic acids is 1. The van der Waals surface area contributed by atoms with E-state index in [2.05, 4.69) is 10.5 Å². The van der Waals surface area contributed by atoms with Crippen LogP contribution in [0.2, 0.25) is 0 Å². The number of rotatable bonds is 11. The first-order valence-corrected chi connectivity index (χ1v) is 11.2. The molecule has 2 N–H and O–H groups in total. The lowest BCUT2D eigenvalue weighted by Gasteiger charge is -2.22. The van der Waals surface area contributed by atoms with Gasteiger partial charge in [-0.2, -0.15) is 0 Å². The van der Waals surface area contributed by atoms with Crippen molar-refractivity contribution in [3.8, 4) is 0 Å². The van der Waals surface area contributed by atoms with Crippen LogP contribution in [0.3, 0.4) is 0 Å². The van der Waals surface area contributed by atoms with E-state index in [4.69, 9.17) is 9.25 Å². The van der Waals surface area contributed by atoms with Crippen LogP contribution in [0.25, 0.3) is 0 Å². The number of nitrogens with one attached hydrogen (secondary N) is 1. The van der Waals surface area contributed by atoms with E-state index in [-0.39, 0.29) is 36.3 Å². The second-order valence-electron chi connectivity index (χ2n) is 8.40. The van der Waals surface area contributed by atoms with Crippen molar-refractivity contribution in [1.29, 1.82) is 0 Å². The minimum Gasteiger partial charge on any atom is -0.476 e. The minimum absolute atomic E-state index is 0.0898. The molecule has 1 amide bonds. The minimum atomic E-state index is -1.12. The Labute approximate surface area is 183 Å². The number of hydrogen-bond donors (Lipinski definition) is 2. The number of benzene rings is 1. The van der Waals surface area contributed by atoms with Crippen LogP contribution in [-0.4, -0.2) is 22.0 Å². The van der Waals surface area contributed by atoms with Crippen LogP contribution in [0.1, 0.15) is 91.4 Å². The smallest absolute Gasteiger partial charge is 0.358 e. The topological polar surface area (TPSA) is 102 Å². The second-order valence-corrected chi connectivity index (χ2v) is 8.40. The van der Waals surface area contributed by atoms with Crippen LogP contribution in [0.5, 0.6) is 0 Å². The highest BCUT2D eigenvalue weighted by Gasteiger charge is 2.25. The van der Waals surface area contributed by atoms with E-state index < -0.39 is 5.97 Å². The molecule has 1 aromatic heterocycles. The van der Waals surface area contributed by atoms with E-state index in [0.29, 0.717) is 5.89 Å². The molecule has 0 aliphatic heterocycles. The van der Waals surface area contributed by atoms with Crippen molar-refractivity contribution in [3.63, 3.8) is 0 Å². The number of hydroxylamine groups is 1. The Balaban J connectivity index is 1.56. The SMILES string of the molecule is Cc1oc([C@H](CCCC2CCCCC2)CC(=O)NOCc2ccccc2)nc1C(=O)O. The standard InChI is InChI=1S/C24H32N2O5/c1-17-22(24(28)29)25-23(31-17)20(14-8-13-18-9-4-2-5-10-18)15-21(27)26-30-16-19-11-6-3-7-12-19/h3,6-7,11-12,18,20H,2,4-5,8-10,13-16H2,1H3,(H,26,27)(H,28,29)/t20-/m1/s1. The van der Waals surface area contributed by atoms with Crippen molar-refractivity contribution >= 4 is 11.9 Å². The average molecular weight is 429 g/mol. The number of oxazole rings is 1. The van der Waals surface area contributed by atoms with Crippen LogP contribution < -0.4 is 5.48 Å². The Hall–Kier alpha value is -2.67. The molecule has 1 atom stereocenters. The first-order valence-electron chi connectivity index (χ1n) is 11.2. The number of aryl methyl sites for hydroxylation is 1. The van der Waals surface area contributed by atoms with Crippen LogP contribution in [0.15, 0.2) is 34.7 Å². The summed E-state index contributed by atoms with van der Waals surface area (Å²) in [5.74, 6) is -0.346. The van der Waals surface area contributed by atoms with Crippen LogP contribution >= 0.6 is 0 Å². The molecule has 1 saturated carbocycles. The highest BCUT2D eigenvalue weighted by atomic mass is 16.6. The maximum absolute atomic E-state index is 12.5. The average Bonchev–Trinajstić information content (AvgIpc) is 3.16. The number of hydrogen-bond acceptors (Lipinski definition) is 5. The van der Waals surface area contributed by atoms with E-state index in [9.17, 15) is 14.7 Å². The number of carbonyl (C=O) groups excluding carboxylic acids is 1. The molecule has 0 radical (unpaired) electrons. The lowest BCUT2D eigenvalue weighted by molar-refractivity contribution is -0.135. The fraction of sp³-hybridized carbons (Fsp3) is 0.542. The molecular formula is C24H32N2O5. The van der Waals surface area contributed by atoms with E-state index in [0.717, 1.165) is 30.7 Å². The van der Waals surface area contributed by atoms with Gasteiger partial charge in [0, 0.05) is 12.3 Å². The zero-order valence-corrected chi connectivity index (χ0v) is 18.1. The number of carbonyl (C=O) groups is 2. The monoisotopic (exact) mass is 428 g/mol. The summed E-state index contributed by atoms with van der Waals surface area (Å²) in [6.07, 6.45) is 9.42. The molecule has 7 heteroatoms. The number of amides is 1. The Morgan fingerprint density at radius 2 is 1.97 bits per heavy atom. The van der Waals surface area contributed by atoms with E-state index in [1.54, 1.807) is 6.92 Å². The highest BCUT2D eigenvalue weighted by Crippen LogP contribution is 2.31. The van der Waals surface area contributed by atoms with Gasteiger partial charge in [0.25, 0.3) is 0 Å². The van der Waals surface area contributed by atoms with Crippen molar-refractivity contribution < 1.29 is 24.0 Å². The number of aromatic carboxylic acids is 1. The summed E-state index contributed by atoms with van der Waals surface area (Å²) in [4.78, 5) is 33.3. The van der Waals surface area contributed by atoms with Gasteiger partial charge in [0.1, 0.15) is 5.76 Å². The van der Waals surface area contributed by atoms with Gasteiger partial charge in [-0.1, -0.05) is 75.3 Å². The summed E-state index contributed by atoms with van der Waals surface area (Å²) in [6.45, 7) is 1.86. The summed E-state index contributed by atoms with van der Waals surface area (Å²) in [6, 6.07) is 9.58. The van der Waals surface area contributed by atoms with Gasteiger partial charge in [0.2, 0.25) is 5.91 Å². The largest absolute Gasteiger partial charge is 0.476 e. The summed E-state index contributed by atoms with van der Waals surface area (Å²) >= 11 is 0. The Morgan fingerprint density at radius 1 is 1.23 bits per heavy atom. The number of aromatic nitrogens is 1. The molecular weight excluding hydrogens is 396 g/mol. The lowest BCUT2D eigenvalue weighted by atomic mass is 9.84. The van der Waals surface area contributed by atoms with Crippen molar-refractivity contribution in [2.45, 2.75) is 77.2 Å². The quantitative estimate of drug-likeness (QED) is 0.480. The van der Waals surface area contributed by atoms with Gasteiger partial charge in [0.05, 0.1) is 6.61 Å². The van der Waals surface area contributed by atoms with Crippen molar-refractivity contribution in [2.75, 3.05) is 0 Å². The maximum Gasteiger partial charge on any atom is 0.358 e. The molecule has 0 bridgehead atoms. The molecule has 1 aromatic carbocycles. The zero-order valence-electron chi connectivity index (χ0n) is 18.1. The summed E-state index contributed by atoms with van der Waals surface area (Å²) in [7, 11) is 0.